The maximum atomic E-state index is 13.7. The van der Waals surface area contributed by atoms with Crippen LogP contribution in [-0.4, -0.2) is 104 Å². The molecule has 0 spiro atoms. The molecule has 3 aromatic carbocycles. The van der Waals surface area contributed by atoms with Crippen molar-refractivity contribution >= 4 is 43.2 Å². The normalized spacial score (nSPS) is 17.3. The third-order valence-corrected chi connectivity index (χ3v) is 15.4. The molecule has 3 aromatic rings. The molecular formula is C48H63N5O10S2. The first-order valence-electron chi connectivity index (χ1n) is 23.5. The molecule has 5 aliphatic heterocycles. The number of nitrogens with one attached hydrogen (secondary N) is 3. The van der Waals surface area contributed by atoms with Gasteiger partial charge in [-0.1, -0.05) is 19.4 Å². The molecule has 0 bridgehead atoms. The number of fused-ring (bicyclic) bond motifs is 4. The number of ether oxygens (including phenoxy) is 3. The van der Waals surface area contributed by atoms with Crippen LogP contribution in [0.4, 0.5) is 5.69 Å². The van der Waals surface area contributed by atoms with E-state index in [4.69, 9.17) is 14.2 Å². The van der Waals surface area contributed by atoms with Crippen LogP contribution in [0, 0.1) is 0 Å². The molecule has 352 valence electrons. The Hall–Kier alpha value is -4.39. The van der Waals surface area contributed by atoms with Crippen molar-refractivity contribution in [3.8, 4) is 11.5 Å². The van der Waals surface area contributed by atoms with Crippen molar-refractivity contribution in [3.63, 3.8) is 0 Å². The minimum Gasteiger partial charge on any atom is -0.744 e. The predicted octanol–water partition coefficient (Wildman–Crippen LogP) is 3.32. The lowest BCUT2D eigenvalue weighted by molar-refractivity contribution is -0.123. The van der Waals surface area contributed by atoms with E-state index in [0.717, 1.165) is 106 Å². The summed E-state index contributed by atoms with van der Waals surface area (Å²) in [6.07, 6.45) is 9.52. The SMILES string of the molecule is CCC(=O)NC(C)COCCOCC(C)NC(=O)CCCCCNS(=O)(=O)c1ccc(C2=c3cc4c5c(c3Oc3c2cc2c6c3CCCN6CCC2)CCC[N+]=5CCC4)c(S(=O)(=O)[O-])c1. The Balaban J connectivity index is 0.952. The van der Waals surface area contributed by atoms with Gasteiger partial charge in [0.1, 0.15) is 34.7 Å². The fraction of sp³-hybridized carbons (Fsp3) is 0.562. The number of anilines is 1. The molecule has 2 atom stereocenters. The number of nitrogens with zero attached hydrogens (tertiary/aromatic N) is 2. The Morgan fingerprint density at radius 3 is 2.20 bits per heavy atom. The van der Waals surface area contributed by atoms with Crippen molar-refractivity contribution in [2.24, 2.45) is 0 Å². The van der Waals surface area contributed by atoms with E-state index in [1.54, 1.807) is 6.92 Å². The van der Waals surface area contributed by atoms with Gasteiger partial charge < -0.3 is 34.3 Å². The van der Waals surface area contributed by atoms with Crippen LogP contribution in [0.25, 0.3) is 5.57 Å². The fourth-order valence-electron chi connectivity index (χ4n) is 10.2. The number of hydrogen-bond donors (Lipinski definition) is 3. The van der Waals surface area contributed by atoms with Gasteiger partial charge in [-0.2, -0.15) is 0 Å². The van der Waals surface area contributed by atoms with E-state index < -0.39 is 25.0 Å². The molecule has 8 rings (SSSR count). The quantitative estimate of drug-likeness (QED) is 0.0669. The van der Waals surface area contributed by atoms with E-state index in [9.17, 15) is 31.0 Å². The number of aryl methyl sites for hydroxylation is 2. The van der Waals surface area contributed by atoms with Crippen LogP contribution in [0.15, 0.2) is 40.1 Å². The van der Waals surface area contributed by atoms with Gasteiger partial charge in [0.05, 0.1) is 41.8 Å². The minimum atomic E-state index is -5.18. The second-order valence-electron chi connectivity index (χ2n) is 18.1. The van der Waals surface area contributed by atoms with Crippen LogP contribution in [0.1, 0.15) is 112 Å². The molecule has 0 saturated carbocycles. The first kappa shape index (κ1) is 47.1. The first-order chi connectivity index (χ1) is 31.2. The summed E-state index contributed by atoms with van der Waals surface area (Å²) in [6.45, 7) is 10.9. The molecule has 65 heavy (non-hydrogen) atoms. The average molecular weight is 934 g/mol. The molecule has 2 amide bonds. The summed E-state index contributed by atoms with van der Waals surface area (Å²) >= 11 is 0. The standard InChI is InChI=1S/C48H63N5O10S2/c1-4-42(54)50-31(2)29-61-24-25-62-30-32(3)51-43(55)16-6-5-7-19-49-64(56,57)35-17-18-36(41(28-35)65(58,59)60)44-39-26-33-12-8-20-52-22-10-14-37(45(33)52)47(39)63-48-38-15-11-23-53-21-9-13-34(46(38)53)27-40(44)48/h17-18,26-28,31-32,49H,4-16,19-25,29-30H2,1-3H3,(H2-,50,51,54,55,58,59,60). The van der Waals surface area contributed by atoms with Gasteiger partial charge in [0.25, 0.3) is 0 Å². The maximum absolute atomic E-state index is 13.7. The molecular weight excluding hydrogens is 871 g/mol. The van der Waals surface area contributed by atoms with Crippen LogP contribution in [0.3, 0.4) is 0 Å². The lowest BCUT2D eigenvalue weighted by Crippen LogP contribution is -2.45. The van der Waals surface area contributed by atoms with Gasteiger partial charge in [-0.3, -0.25) is 9.59 Å². The molecule has 0 saturated heterocycles. The van der Waals surface area contributed by atoms with E-state index in [-0.39, 0.29) is 47.3 Å². The summed E-state index contributed by atoms with van der Waals surface area (Å²) in [6, 6.07) is 7.81. The molecule has 0 aromatic heterocycles. The molecule has 0 radical (unpaired) electrons. The van der Waals surface area contributed by atoms with E-state index in [1.807, 2.05) is 13.8 Å². The summed E-state index contributed by atoms with van der Waals surface area (Å²) < 4.78 is 90.6. The van der Waals surface area contributed by atoms with Crippen molar-refractivity contribution in [1.29, 1.82) is 0 Å². The number of benzene rings is 3. The number of carbonyl (C=O) groups is 2. The number of hydrogen-bond acceptors (Lipinski definition) is 11. The van der Waals surface area contributed by atoms with Crippen molar-refractivity contribution in [3.05, 3.63) is 74.3 Å². The highest BCUT2D eigenvalue weighted by molar-refractivity contribution is 7.89. The Kier molecular flexibility index (Phi) is 14.7. The molecule has 5 aliphatic rings. The Bertz CT molecular complexity index is 2680. The zero-order valence-corrected chi connectivity index (χ0v) is 39.5. The Morgan fingerprint density at radius 1 is 0.800 bits per heavy atom. The molecule has 3 N–H and O–H groups in total. The van der Waals surface area contributed by atoms with Crippen molar-refractivity contribution < 1.29 is 45.2 Å². The first-order valence-corrected chi connectivity index (χ1v) is 26.4. The second-order valence-corrected chi connectivity index (χ2v) is 21.2. The Morgan fingerprint density at radius 2 is 1.48 bits per heavy atom. The topological polar surface area (TPSA) is 196 Å². The van der Waals surface area contributed by atoms with Crippen LogP contribution in [-0.2, 0) is 64.9 Å². The average Bonchev–Trinajstić information content (AvgIpc) is 3.28. The summed E-state index contributed by atoms with van der Waals surface area (Å²) in [4.78, 5) is 25.5. The van der Waals surface area contributed by atoms with Gasteiger partial charge in [0.2, 0.25) is 27.2 Å². The second kappa shape index (κ2) is 20.2. The maximum Gasteiger partial charge on any atom is 0.240 e. The van der Waals surface area contributed by atoms with Gasteiger partial charge in [-0.15, -0.1) is 0 Å². The summed E-state index contributed by atoms with van der Waals surface area (Å²) in [7, 11) is -9.40. The Labute approximate surface area is 382 Å². The lowest BCUT2D eigenvalue weighted by atomic mass is 9.82. The molecule has 0 fully saturated rings. The molecule has 5 heterocycles. The van der Waals surface area contributed by atoms with Gasteiger partial charge in [0.15, 0.2) is 0 Å². The largest absolute Gasteiger partial charge is 0.744 e. The van der Waals surface area contributed by atoms with Crippen molar-refractivity contribution in [2.45, 2.75) is 126 Å². The number of amides is 2. The highest BCUT2D eigenvalue weighted by Crippen LogP contribution is 2.49. The lowest BCUT2D eigenvalue weighted by Gasteiger charge is -2.39. The van der Waals surface area contributed by atoms with Crippen molar-refractivity contribution in [2.75, 3.05) is 64.1 Å². The molecule has 17 heteroatoms. The third kappa shape index (κ3) is 10.4. The summed E-state index contributed by atoms with van der Waals surface area (Å²) in [5, 5.41) is 7.68. The number of sulfonamides is 1. The van der Waals surface area contributed by atoms with Gasteiger partial charge >= 0.3 is 0 Å². The summed E-state index contributed by atoms with van der Waals surface area (Å²) in [5.74, 6) is 1.24. The number of rotatable bonds is 20. The zero-order valence-electron chi connectivity index (χ0n) is 37.9. The van der Waals surface area contributed by atoms with Crippen LogP contribution in [0.5, 0.6) is 11.5 Å². The molecule has 2 unspecified atom stereocenters. The van der Waals surface area contributed by atoms with Gasteiger partial charge in [0, 0.05) is 96.1 Å². The van der Waals surface area contributed by atoms with E-state index in [2.05, 4.69) is 37.0 Å². The van der Waals surface area contributed by atoms with E-state index >= 15 is 0 Å². The fourth-order valence-corrected chi connectivity index (χ4v) is 12.1. The van der Waals surface area contributed by atoms with Gasteiger partial charge in [-0.05, 0) is 95.0 Å². The van der Waals surface area contributed by atoms with E-state index in [1.165, 1.54) is 34.3 Å². The smallest absolute Gasteiger partial charge is 0.240 e. The number of carbonyl (C=O) groups excluding carboxylic acids is 2. The third-order valence-electron chi connectivity index (χ3n) is 13.1. The highest BCUT2D eigenvalue weighted by Gasteiger charge is 2.36. The molecule has 15 nitrogen and oxygen atoms in total. The molecule has 0 aliphatic carbocycles. The van der Waals surface area contributed by atoms with Crippen molar-refractivity contribution in [1.82, 2.24) is 19.9 Å². The monoisotopic (exact) mass is 933 g/mol. The number of unbranched alkanes of at least 4 members (excludes halogenated alkanes) is 2. The predicted molar refractivity (Wildman–Crippen MR) is 245 cm³/mol. The summed E-state index contributed by atoms with van der Waals surface area (Å²) in [5.41, 5.74) is 7.29. The van der Waals surface area contributed by atoms with Crippen LogP contribution in [0.2, 0.25) is 0 Å². The van der Waals surface area contributed by atoms with E-state index in [0.29, 0.717) is 69.2 Å². The van der Waals surface area contributed by atoms with Gasteiger partial charge in [-0.25, -0.2) is 26.1 Å². The minimum absolute atomic E-state index is 0.0273. The zero-order chi connectivity index (χ0) is 45.9. The highest BCUT2D eigenvalue weighted by atomic mass is 32.2. The van der Waals surface area contributed by atoms with Crippen LogP contribution < -0.4 is 40.1 Å². The van der Waals surface area contributed by atoms with Crippen LogP contribution >= 0.6 is 0 Å².